The Hall–Kier alpha value is -3.95. The van der Waals surface area contributed by atoms with E-state index < -0.39 is 12.1 Å². The predicted molar refractivity (Wildman–Crippen MR) is 144 cm³/mol. The summed E-state index contributed by atoms with van der Waals surface area (Å²) in [4.78, 5) is 25.7. The molecule has 182 valence electrons. The van der Waals surface area contributed by atoms with Crippen molar-refractivity contribution in [3.63, 3.8) is 0 Å². The van der Waals surface area contributed by atoms with Crippen molar-refractivity contribution in [3.05, 3.63) is 84.1 Å². The van der Waals surface area contributed by atoms with Gasteiger partial charge in [0.1, 0.15) is 11.9 Å². The molecule has 0 saturated carbocycles. The first-order valence-corrected chi connectivity index (χ1v) is 12.9. The van der Waals surface area contributed by atoms with Crippen molar-refractivity contribution < 1.29 is 19.4 Å². The summed E-state index contributed by atoms with van der Waals surface area (Å²) in [5.41, 5.74) is 3.58. The molecule has 5 aromatic rings. The third-order valence-corrected chi connectivity index (χ3v) is 8.15. The van der Waals surface area contributed by atoms with Gasteiger partial charge in [-0.3, -0.25) is 14.8 Å². The molecule has 9 heteroatoms. The Kier molecular flexibility index (Phi) is 6.58. The monoisotopic (exact) mass is 517 g/mol. The first kappa shape index (κ1) is 23.8. The number of amides is 1. The summed E-state index contributed by atoms with van der Waals surface area (Å²) in [5, 5.41) is 16.2. The number of anilines is 1. The third-order valence-electron chi connectivity index (χ3n) is 5.78. The van der Waals surface area contributed by atoms with Crippen LogP contribution in [0.5, 0.6) is 0 Å². The van der Waals surface area contributed by atoms with Gasteiger partial charge in [0.2, 0.25) is 0 Å². The van der Waals surface area contributed by atoms with Crippen LogP contribution >= 0.6 is 22.7 Å². The number of hydrogen-bond acceptors (Lipinski definition) is 6. The molecular weight excluding hydrogens is 494 g/mol. The molecule has 0 unspecified atom stereocenters. The molecule has 3 heterocycles. The van der Waals surface area contributed by atoms with Crippen molar-refractivity contribution in [3.8, 4) is 20.9 Å². The fourth-order valence-corrected chi connectivity index (χ4v) is 6.33. The Morgan fingerprint density at radius 3 is 2.39 bits per heavy atom. The molecule has 0 bridgehead atoms. The highest BCUT2D eigenvalue weighted by atomic mass is 32.1. The molecule has 2 aromatic carbocycles. The van der Waals surface area contributed by atoms with Gasteiger partial charge in [0.15, 0.2) is 0 Å². The number of carboxylic acids is 1. The molecule has 0 radical (unpaired) electrons. The topological polar surface area (TPSA) is 93.4 Å². The standard InChI is InChI=1S/C27H23N3O4S2/c1-16(18-6-4-3-5-7-18)34-27(33)29-26-20(15-28-30(26)2)22-14-24-23(36-22)13-21(35-24)19-10-8-17(9-11-19)12-25(31)32/h3-11,13-16H,12H2,1-2H3,(H,29,33)(H,31,32)/t16-/m1/s1. The number of rotatable bonds is 7. The largest absolute Gasteiger partial charge is 0.481 e. The van der Waals surface area contributed by atoms with E-state index in [0.29, 0.717) is 5.82 Å². The fraction of sp³-hybridized carbons (Fsp3) is 0.148. The van der Waals surface area contributed by atoms with Gasteiger partial charge in [-0.05, 0) is 35.7 Å². The maximum atomic E-state index is 12.6. The van der Waals surface area contributed by atoms with E-state index in [-0.39, 0.29) is 12.5 Å². The molecule has 1 amide bonds. The summed E-state index contributed by atoms with van der Waals surface area (Å²) in [5.74, 6) is -0.265. The zero-order valence-corrected chi connectivity index (χ0v) is 21.2. The second-order valence-electron chi connectivity index (χ2n) is 8.33. The number of ether oxygens (including phenoxy) is 1. The second-order valence-corrected chi connectivity index (χ2v) is 10.5. The van der Waals surface area contributed by atoms with E-state index >= 15 is 0 Å². The van der Waals surface area contributed by atoms with Gasteiger partial charge >= 0.3 is 12.1 Å². The fourth-order valence-electron chi connectivity index (χ4n) is 3.92. The van der Waals surface area contributed by atoms with Crippen LogP contribution in [0.4, 0.5) is 10.6 Å². The third kappa shape index (κ3) is 5.02. The summed E-state index contributed by atoms with van der Waals surface area (Å²) >= 11 is 3.30. The van der Waals surface area contributed by atoms with Crippen LogP contribution in [0.3, 0.4) is 0 Å². The maximum Gasteiger partial charge on any atom is 0.413 e. The van der Waals surface area contributed by atoms with Gasteiger partial charge in [-0.15, -0.1) is 22.7 Å². The summed E-state index contributed by atoms with van der Waals surface area (Å²) in [6.07, 6.45) is 0.839. The molecule has 0 aliphatic rings. The molecule has 7 nitrogen and oxygen atoms in total. The minimum Gasteiger partial charge on any atom is -0.481 e. The summed E-state index contributed by atoms with van der Waals surface area (Å²) in [6.45, 7) is 1.84. The molecule has 0 saturated heterocycles. The summed E-state index contributed by atoms with van der Waals surface area (Å²) in [6, 6.07) is 21.5. The molecule has 1 atom stereocenters. The molecule has 5 rings (SSSR count). The van der Waals surface area contributed by atoms with Crippen LogP contribution in [0.2, 0.25) is 0 Å². The van der Waals surface area contributed by atoms with E-state index in [9.17, 15) is 9.59 Å². The number of aryl methyl sites for hydroxylation is 1. The van der Waals surface area contributed by atoms with Gasteiger partial charge < -0.3 is 9.84 Å². The Morgan fingerprint density at radius 1 is 1.03 bits per heavy atom. The first-order chi connectivity index (χ1) is 17.4. The number of aliphatic carboxylic acids is 1. The second kappa shape index (κ2) is 9.96. The van der Waals surface area contributed by atoms with Crippen LogP contribution in [0, 0.1) is 0 Å². The summed E-state index contributed by atoms with van der Waals surface area (Å²) < 4.78 is 9.47. The molecule has 0 aliphatic heterocycles. The van der Waals surface area contributed by atoms with Crippen LogP contribution in [-0.2, 0) is 23.0 Å². The highest BCUT2D eigenvalue weighted by Gasteiger charge is 2.19. The lowest BCUT2D eigenvalue weighted by atomic mass is 10.1. The van der Waals surface area contributed by atoms with Gasteiger partial charge in [0, 0.05) is 26.2 Å². The van der Waals surface area contributed by atoms with E-state index in [1.54, 1.807) is 40.6 Å². The lowest BCUT2D eigenvalue weighted by Crippen LogP contribution is -2.18. The molecule has 3 aromatic heterocycles. The van der Waals surface area contributed by atoms with E-state index in [1.165, 1.54) is 0 Å². The number of aromatic nitrogens is 2. The summed E-state index contributed by atoms with van der Waals surface area (Å²) in [7, 11) is 1.78. The van der Waals surface area contributed by atoms with Crippen LogP contribution < -0.4 is 5.32 Å². The molecule has 36 heavy (non-hydrogen) atoms. The van der Waals surface area contributed by atoms with Crippen LogP contribution in [0.25, 0.3) is 30.3 Å². The van der Waals surface area contributed by atoms with Crippen LogP contribution in [-0.4, -0.2) is 26.9 Å². The number of nitrogens with one attached hydrogen (secondary N) is 1. The Morgan fingerprint density at radius 2 is 1.69 bits per heavy atom. The normalized spacial score (nSPS) is 11.9. The number of nitrogens with zero attached hydrogens (tertiary/aromatic N) is 2. The van der Waals surface area contributed by atoms with Gasteiger partial charge in [0.05, 0.1) is 18.2 Å². The zero-order chi connectivity index (χ0) is 25.2. The number of fused-ring (bicyclic) bond motifs is 1. The van der Waals surface area contributed by atoms with E-state index in [2.05, 4.69) is 22.5 Å². The number of thiophene rings is 2. The first-order valence-electron chi connectivity index (χ1n) is 11.3. The van der Waals surface area contributed by atoms with Gasteiger partial charge in [-0.2, -0.15) is 5.10 Å². The Bertz CT molecular complexity index is 1500. The molecule has 0 aliphatic carbocycles. The van der Waals surface area contributed by atoms with Crippen LogP contribution in [0.15, 0.2) is 72.9 Å². The van der Waals surface area contributed by atoms with E-state index in [0.717, 1.165) is 41.4 Å². The van der Waals surface area contributed by atoms with Gasteiger partial charge in [-0.25, -0.2) is 4.79 Å². The van der Waals surface area contributed by atoms with E-state index in [4.69, 9.17) is 9.84 Å². The minimum absolute atomic E-state index is 0.0172. The minimum atomic E-state index is -0.838. The average molecular weight is 518 g/mol. The zero-order valence-electron chi connectivity index (χ0n) is 19.6. The average Bonchev–Trinajstić information content (AvgIpc) is 3.53. The van der Waals surface area contributed by atoms with Gasteiger partial charge in [-0.1, -0.05) is 54.6 Å². The number of benzene rings is 2. The Balaban J connectivity index is 1.33. The lowest BCUT2D eigenvalue weighted by Gasteiger charge is -2.14. The molecule has 2 N–H and O–H groups in total. The molecular formula is C27H23N3O4S2. The van der Waals surface area contributed by atoms with Crippen molar-refractivity contribution in [2.24, 2.45) is 7.05 Å². The quantitative estimate of drug-likeness (QED) is 0.243. The van der Waals surface area contributed by atoms with Crippen molar-refractivity contribution in [2.75, 3.05) is 5.32 Å². The van der Waals surface area contributed by atoms with E-state index in [1.807, 2.05) is 61.5 Å². The maximum absolute atomic E-state index is 12.6. The Labute approximate surface area is 215 Å². The van der Waals surface area contributed by atoms with Crippen LogP contribution in [0.1, 0.15) is 24.2 Å². The number of carbonyl (C=O) groups excluding carboxylic acids is 1. The predicted octanol–water partition coefficient (Wildman–Crippen LogP) is 6.97. The lowest BCUT2D eigenvalue weighted by molar-refractivity contribution is -0.136. The molecule has 0 fully saturated rings. The van der Waals surface area contributed by atoms with Crippen molar-refractivity contribution in [1.82, 2.24) is 9.78 Å². The number of carbonyl (C=O) groups is 2. The van der Waals surface area contributed by atoms with Crippen molar-refractivity contribution in [2.45, 2.75) is 19.4 Å². The smallest absolute Gasteiger partial charge is 0.413 e. The van der Waals surface area contributed by atoms with Gasteiger partial charge in [0.25, 0.3) is 0 Å². The number of hydrogen-bond donors (Lipinski definition) is 2. The number of carboxylic acid groups (broad SMARTS) is 1. The highest BCUT2D eigenvalue weighted by molar-refractivity contribution is 7.31. The highest BCUT2D eigenvalue weighted by Crippen LogP contribution is 2.43. The van der Waals surface area contributed by atoms with Crippen molar-refractivity contribution >= 4 is 50.0 Å². The SMILES string of the molecule is C[C@@H](OC(=O)Nc1c(-c2cc3sc(-c4ccc(CC(=O)O)cc4)cc3s2)cnn1C)c1ccccc1. The molecule has 0 spiro atoms. The van der Waals surface area contributed by atoms with Crippen molar-refractivity contribution in [1.29, 1.82) is 0 Å².